The van der Waals surface area contributed by atoms with Gasteiger partial charge in [0, 0.05) is 24.6 Å². The number of carbonyl (C=O) groups excluding carboxylic acids is 3. The molecule has 7 nitrogen and oxygen atoms in total. The van der Waals surface area contributed by atoms with Crippen LogP contribution in [0.5, 0.6) is 11.5 Å². The number of hydrogen-bond acceptors (Lipinski definition) is 6. The van der Waals surface area contributed by atoms with Gasteiger partial charge in [0.2, 0.25) is 5.91 Å². The molecule has 0 spiro atoms. The van der Waals surface area contributed by atoms with E-state index in [0.717, 1.165) is 11.1 Å². The normalized spacial score (nSPS) is 15.8. The van der Waals surface area contributed by atoms with Crippen LogP contribution in [0.1, 0.15) is 27.9 Å². The highest BCUT2D eigenvalue weighted by Gasteiger charge is 2.37. The van der Waals surface area contributed by atoms with E-state index in [0.29, 0.717) is 22.7 Å². The van der Waals surface area contributed by atoms with Crippen LogP contribution in [-0.4, -0.2) is 45.0 Å². The number of ether oxygens (including phenoxy) is 3. The minimum Gasteiger partial charge on any atom is -0.497 e. The number of hydrogen-bond donors (Lipinski definition) is 0. The Hall–Kier alpha value is -3.35. The Morgan fingerprint density at radius 3 is 2.47 bits per heavy atom. The summed E-state index contributed by atoms with van der Waals surface area (Å²) in [6, 6.07) is 10.5. The van der Waals surface area contributed by atoms with Crippen molar-refractivity contribution in [1.82, 2.24) is 0 Å². The summed E-state index contributed by atoms with van der Waals surface area (Å²) in [5, 5.41) is 0. The molecule has 1 amide bonds. The lowest BCUT2D eigenvalue weighted by atomic mass is 10.0. The number of ketones is 1. The molecule has 0 unspecified atom stereocenters. The molecule has 2 aromatic rings. The van der Waals surface area contributed by atoms with Crippen molar-refractivity contribution in [2.75, 3.05) is 32.3 Å². The van der Waals surface area contributed by atoms with Gasteiger partial charge in [-0.2, -0.15) is 0 Å². The Morgan fingerprint density at radius 1 is 1.03 bits per heavy atom. The number of methoxy groups -OCH3 is 2. The zero-order valence-electron chi connectivity index (χ0n) is 17.6. The van der Waals surface area contributed by atoms with Gasteiger partial charge < -0.3 is 19.1 Å². The van der Waals surface area contributed by atoms with Crippen molar-refractivity contribution in [1.29, 1.82) is 0 Å². The summed E-state index contributed by atoms with van der Waals surface area (Å²) >= 11 is 0. The van der Waals surface area contributed by atoms with E-state index in [1.165, 1.54) is 19.1 Å². The summed E-state index contributed by atoms with van der Waals surface area (Å²) in [6.45, 7) is 3.68. The quantitative estimate of drug-likeness (QED) is 0.514. The fraction of sp³-hybridized carbons (Fsp3) is 0.348. The molecule has 0 N–H and O–H groups in total. The van der Waals surface area contributed by atoms with Crippen molar-refractivity contribution < 1.29 is 28.6 Å². The Bertz CT molecular complexity index is 984. The molecule has 1 fully saturated rings. The fourth-order valence-electron chi connectivity index (χ4n) is 3.36. The summed E-state index contributed by atoms with van der Waals surface area (Å²) in [7, 11) is 3.04. The van der Waals surface area contributed by atoms with Gasteiger partial charge in [-0.05, 0) is 43.2 Å². The van der Waals surface area contributed by atoms with Crippen LogP contribution in [0.2, 0.25) is 0 Å². The molecule has 158 valence electrons. The van der Waals surface area contributed by atoms with Crippen LogP contribution >= 0.6 is 0 Å². The third-order valence-electron chi connectivity index (χ3n) is 5.31. The molecule has 1 aliphatic rings. The maximum Gasteiger partial charge on any atom is 0.311 e. The zero-order chi connectivity index (χ0) is 21.8. The van der Waals surface area contributed by atoms with Crippen LogP contribution in [0.3, 0.4) is 0 Å². The van der Waals surface area contributed by atoms with Crippen molar-refractivity contribution >= 4 is 23.3 Å². The van der Waals surface area contributed by atoms with E-state index >= 15 is 0 Å². The lowest BCUT2D eigenvalue weighted by Crippen LogP contribution is -2.27. The monoisotopic (exact) mass is 411 g/mol. The molecule has 0 aromatic heterocycles. The third-order valence-corrected chi connectivity index (χ3v) is 5.31. The molecule has 0 radical (unpaired) electrons. The molecule has 7 heteroatoms. The van der Waals surface area contributed by atoms with Crippen LogP contribution in [0.25, 0.3) is 0 Å². The number of esters is 1. The molecule has 1 heterocycles. The van der Waals surface area contributed by atoms with Crippen LogP contribution in [0.4, 0.5) is 5.69 Å². The van der Waals surface area contributed by atoms with Gasteiger partial charge in [-0.25, -0.2) is 0 Å². The Morgan fingerprint density at radius 2 is 1.80 bits per heavy atom. The van der Waals surface area contributed by atoms with Crippen LogP contribution in [-0.2, 0) is 14.3 Å². The highest BCUT2D eigenvalue weighted by atomic mass is 16.5. The van der Waals surface area contributed by atoms with Gasteiger partial charge in [0.25, 0.3) is 0 Å². The van der Waals surface area contributed by atoms with Gasteiger partial charge in [-0.1, -0.05) is 12.1 Å². The number of benzene rings is 2. The predicted molar refractivity (Wildman–Crippen MR) is 111 cm³/mol. The Labute approximate surface area is 175 Å². The van der Waals surface area contributed by atoms with E-state index in [4.69, 9.17) is 14.2 Å². The Kier molecular flexibility index (Phi) is 6.40. The van der Waals surface area contributed by atoms with Crippen molar-refractivity contribution in [2.45, 2.75) is 20.3 Å². The maximum atomic E-state index is 12.5. The highest BCUT2D eigenvalue weighted by Crippen LogP contribution is 2.36. The third kappa shape index (κ3) is 4.45. The summed E-state index contributed by atoms with van der Waals surface area (Å²) in [5.41, 5.74) is 3.11. The molecule has 2 aromatic carbocycles. The minimum atomic E-state index is -0.652. The van der Waals surface area contributed by atoms with Gasteiger partial charge >= 0.3 is 5.97 Å². The number of nitrogens with zero attached hydrogens (tertiary/aromatic N) is 1. The Balaban J connectivity index is 1.65. The van der Waals surface area contributed by atoms with Crippen molar-refractivity contribution in [3.8, 4) is 11.5 Å². The first-order valence-electron chi connectivity index (χ1n) is 9.63. The van der Waals surface area contributed by atoms with Crippen LogP contribution in [0.15, 0.2) is 36.4 Å². The molecule has 0 saturated carbocycles. The number of rotatable bonds is 7. The summed E-state index contributed by atoms with van der Waals surface area (Å²) in [5.74, 6) is -0.636. The predicted octanol–water partition coefficient (Wildman–Crippen LogP) is 3.10. The molecule has 1 atom stereocenters. The smallest absolute Gasteiger partial charge is 0.311 e. The first kappa shape index (κ1) is 21.4. The largest absolute Gasteiger partial charge is 0.497 e. The van der Waals surface area contributed by atoms with Gasteiger partial charge in [0.1, 0.15) is 11.5 Å². The number of anilines is 1. The molecule has 1 aliphatic heterocycles. The van der Waals surface area contributed by atoms with E-state index in [2.05, 4.69) is 0 Å². The molecule has 1 saturated heterocycles. The summed E-state index contributed by atoms with van der Waals surface area (Å²) < 4.78 is 15.8. The van der Waals surface area contributed by atoms with Gasteiger partial charge in [0.15, 0.2) is 12.4 Å². The summed E-state index contributed by atoms with van der Waals surface area (Å²) in [6.07, 6.45) is 0.0109. The maximum absolute atomic E-state index is 12.5. The first-order valence-corrected chi connectivity index (χ1v) is 9.63. The second-order valence-electron chi connectivity index (χ2n) is 7.27. The second-order valence-corrected chi connectivity index (χ2v) is 7.27. The average molecular weight is 411 g/mol. The van der Waals surface area contributed by atoms with Crippen molar-refractivity contribution in [3.05, 3.63) is 53.1 Å². The lowest BCUT2D eigenvalue weighted by molar-refractivity contribution is -0.147. The molecular weight excluding hydrogens is 386 g/mol. The zero-order valence-corrected chi connectivity index (χ0v) is 17.6. The number of carbonyl (C=O) groups is 3. The molecule has 3 rings (SSSR count). The first-order chi connectivity index (χ1) is 14.3. The number of aryl methyl sites for hydroxylation is 2. The van der Waals surface area contributed by atoms with Crippen molar-refractivity contribution in [3.63, 3.8) is 0 Å². The topological polar surface area (TPSA) is 82.1 Å². The number of Topliss-reactive ketones (excluding diaryl/α,β-unsaturated/α-hetero) is 1. The van der Waals surface area contributed by atoms with Gasteiger partial charge in [0.05, 0.1) is 25.8 Å². The fourth-order valence-corrected chi connectivity index (χ4v) is 3.36. The van der Waals surface area contributed by atoms with Crippen LogP contribution in [0, 0.1) is 19.8 Å². The SMILES string of the molecule is COc1ccc(OC)c(N2C[C@@H](C(=O)OCC(=O)c3ccc(C)c(C)c3)CC2=O)c1. The highest BCUT2D eigenvalue weighted by molar-refractivity contribution is 6.02. The van der Waals surface area contributed by atoms with E-state index < -0.39 is 11.9 Å². The van der Waals surface area contributed by atoms with E-state index in [9.17, 15) is 14.4 Å². The average Bonchev–Trinajstić information content (AvgIpc) is 3.14. The van der Waals surface area contributed by atoms with E-state index in [-0.39, 0.29) is 31.3 Å². The van der Waals surface area contributed by atoms with E-state index in [1.807, 2.05) is 19.9 Å². The molecule has 30 heavy (non-hydrogen) atoms. The minimum absolute atomic E-state index is 0.0109. The number of amides is 1. The van der Waals surface area contributed by atoms with Gasteiger partial charge in [-0.15, -0.1) is 0 Å². The van der Waals surface area contributed by atoms with E-state index in [1.54, 1.807) is 30.3 Å². The molecule has 0 aliphatic carbocycles. The molecule has 0 bridgehead atoms. The second kappa shape index (κ2) is 8.98. The standard InChI is InChI=1S/C23H25NO6/c1-14-5-6-16(9-15(14)2)20(25)13-30-23(27)17-10-22(26)24(12-17)19-11-18(28-3)7-8-21(19)29-4/h5-9,11,17H,10,12-13H2,1-4H3/t17-/m0/s1. The molecular formula is C23H25NO6. The summed E-state index contributed by atoms with van der Waals surface area (Å²) in [4.78, 5) is 38.9. The van der Waals surface area contributed by atoms with Gasteiger partial charge in [-0.3, -0.25) is 14.4 Å². The lowest BCUT2D eigenvalue weighted by Gasteiger charge is -2.20. The van der Waals surface area contributed by atoms with Crippen molar-refractivity contribution in [2.24, 2.45) is 5.92 Å². The van der Waals surface area contributed by atoms with Crippen LogP contribution < -0.4 is 14.4 Å².